The van der Waals surface area contributed by atoms with Crippen LogP contribution in [-0.4, -0.2) is 7.11 Å². The molecule has 0 spiro atoms. The molecule has 0 aromatic heterocycles. The molecule has 20 heavy (non-hydrogen) atoms. The second-order valence-corrected chi connectivity index (χ2v) is 5.06. The maximum absolute atomic E-state index is 13.3. The fraction of sp³-hybridized carbons (Fsp3) is 0.250. The highest BCUT2D eigenvalue weighted by molar-refractivity contribution is 6.30. The molecule has 0 aliphatic carbocycles. The van der Waals surface area contributed by atoms with E-state index in [0.717, 1.165) is 16.9 Å². The molecule has 0 aliphatic rings. The molecular formula is C16H17ClFNO. The molecule has 1 atom stereocenters. The Labute approximate surface area is 123 Å². The summed E-state index contributed by atoms with van der Waals surface area (Å²) in [6.45, 7) is 2.58. The summed E-state index contributed by atoms with van der Waals surface area (Å²) in [7, 11) is 1.65. The van der Waals surface area contributed by atoms with Crippen LogP contribution in [0.25, 0.3) is 0 Å². The van der Waals surface area contributed by atoms with Gasteiger partial charge in [-0.05, 0) is 36.8 Å². The van der Waals surface area contributed by atoms with E-state index in [1.807, 2.05) is 31.2 Å². The number of ether oxygens (including phenoxy) is 1. The number of hydrogen-bond donors (Lipinski definition) is 1. The third-order valence-corrected chi connectivity index (χ3v) is 3.36. The van der Waals surface area contributed by atoms with Gasteiger partial charge in [-0.2, -0.15) is 0 Å². The van der Waals surface area contributed by atoms with E-state index in [-0.39, 0.29) is 11.9 Å². The van der Waals surface area contributed by atoms with Gasteiger partial charge in [0.1, 0.15) is 11.6 Å². The summed E-state index contributed by atoms with van der Waals surface area (Å²) in [4.78, 5) is 0. The summed E-state index contributed by atoms with van der Waals surface area (Å²) in [5.41, 5.74) is 1.88. The molecule has 2 aromatic carbocycles. The van der Waals surface area contributed by atoms with E-state index in [2.05, 4.69) is 5.32 Å². The number of para-hydroxylation sites is 1. The van der Waals surface area contributed by atoms with E-state index in [0.29, 0.717) is 11.6 Å². The van der Waals surface area contributed by atoms with Gasteiger partial charge < -0.3 is 10.1 Å². The van der Waals surface area contributed by atoms with Gasteiger partial charge in [0.2, 0.25) is 0 Å². The fourth-order valence-electron chi connectivity index (χ4n) is 2.12. The Morgan fingerprint density at radius 1 is 1.25 bits per heavy atom. The van der Waals surface area contributed by atoms with Gasteiger partial charge in [-0.1, -0.05) is 29.8 Å². The number of halogens is 2. The Morgan fingerprint density at radius 3 is 2.70 bits per heavy atom. The molecule has 1 N–H and O–H groups in total. The van der Waals surface area contributed by atoms with Crippen LogP contribution in [0.2, 0.25) is 5.02 Å². The zero-order valence-corrected chi connectivity index (χ0v) is 12.2. The van der Waals surface area contributed by atoms with Gasteiger partial charge in [0.15, 0.2) is 0 Å². The lowest BCUT2D eigenvalue weighted by atomic mass is 10.1. The molecule has 0 saturated carbocycles. The predicted molar refractivity (Wildman–Crippen MR) is 79.7 cm³/mol. The van der Waals surface area contributed by atoms with Crippen LogP contribution in [0.3, 0.4) is 0 Å². The number of rotatable bonds is 5. The number of benzene rings is 2. The highest BCUT2D eigenvalue weighted by Crippen LogP contribution is 2.24. The Kier molecular flexibility index (Phi) is 4.99. The summed E-state index contributed by atoms with van der Waals surface area (Å²) in [6, 6.07) is 12.5. The van der Waals surface area contributed by atoms with Gasteiger partial charge in [0, 0.05) is 23.2 Å². The molecule has 0 unspecified atom stereocenters. The quantitative estimate of drug-likeness (QED) is 0.885. The van der Waals surface area contributed by atoms with Crippen molar-refractivity contribution in [2.75, 3.05) is 7.11 Å². The summed E-state index contributed by atoms with van der Waals surface area (Å²) >= 11 is 5.84. The Bertz CT molecular complexity index is 568. The zero-order valence-electron chi connectivity index (χ0n) is 11.5. The van der Waals surface area contributed by atoms with Crippen molar-refractivity contribution >= 4 is 11.6 Å². The van der Waals surface area contributed by atoms with Crippen LogP contribution in [0.5, 0.6) is 5.75 Å². The molecule has 0 fully saturated rings. The number of nitrogens with one attached hydrogen (secondary N) is 1. The third-order valence-electron chi connectivity index (χ3n) is 3.14. The van der Waals surface area contributed by atoms with Crippen molar-refractivity contribution in [1.29, 1.82) is 0 Å². The summed E-state index contributed by atoms with van der Waals surface area (Å²) < 4.78 is 18.6. The predicted octanol–water partition coefficient (Wildman–Crippen LogP) is 4.34. The van der Waals surface area contributed by atoms with Crippen molar-refractivity contribution in [3.05, 3.63) is 64.4 Å². The monoisotopic (exact) mass is 293 g/mol. The fourth-order valence-corrected chi connectivity index (χ4v) is 2.36. The highest BCUT2D eigenvalue weighted by Gasteiger charge is 2.10. The van der Waals surface area contributed by atoms with Gasteiger partial charge in [0.05, 0.1) is 7.11 Å². The smallest absolute Gasteiger partial charge is 0.125 e. The first-order valence-electron chi connectivity index (χ1n) is 6.41. The molecule has 0 radical (unpaired) electrons. The van der Waals surface area contributed by atoms with E-state index < -0.39 is 0 Å². The average Bonchev–Trinajstić information content (AvgIpc) is 2.43. The van der Waals surface area contributed by atoms with Gasteiger partial charge in [-0.25, -0.2) is 4.39 Å². The highest BCUT2D eigenvalue weighted by atomic mass is 35.5. The standard InChI is InChI=1S/C16H17ClFNO/c1-11(15-5-3-4-6-16(15)20-2)19-10-12-7-13(17)9-14(18)8-12/h3-9,11,19H,10H2,1-2H3/t11-/m0/s1. The first-order valence-corrected chi connectivity index (χ1v) is 6.79. The minimum Gasteiger partial charge on any atom is -0.496 e. The minimum absolute atomic E-state index is 0.0909. The maximum atomic E-state index is 13.3. The lowest BCUT2D eigenvalue weighted by molar-refractivity contribution is 0.401. The summed E-state index contributed by atoms with van der Waals surface area (Å²) in [5.74, 6) is 0.518. The third kappa shape index (κ3) is 3.71. The van der Waals surface area contributed by atoms with Crippen LogP contribution < -0.4 is 10.1 Å². The van der Waals surface area contributed by atoms with E-state index >= 15 is 0 Å². The van der Waals surface area contributed by atoms with Crippen molar-refractivity contribution in [3.8, 4) is 5.75 Å². The topological polar surface area (TPSA) is 21.3 Å². The molecule has 0 amide bonds. The minimum atomic E-state index is -0.320. The van der Waals surface area contributed by atoms with Crippen LogP contribution in [0.15, 0.2) is 42.5 Å². The van der Waals surface area contributed by atoms with Crippen molar-refractivity contribution in [2.24, 2.45) is 0 Å². The number of hydrogen-bond acceptors (Lipinski definition) is 2. The molecule has 0 bridgehead atoms. The van der Waals surface area contributed by atoms with E-state index in [4.69, 9.17) is 16.3 Å². The first kappa shape index (κ1) is 14.8. The van der Waals surface area contributed by atoms with E-state index in [1.165, 1.54) is 12.1 Å². The molecule has 106 valence electrons. The van der Waals surface area contributed by atoms with Gasteiger partial charge in [0.25, 0.3) is 0 Å². The first-order chi connectivity index (χ1) is 9.60. The van der Waals surface area contributed by atoms with E-state index in [1.54, 1.807) is 13.2 Å². The molecule has 2 nitrogen and oxygen atoms in total. The molecule has 2 rings (SSSR count). The average molecular weight is 294 g/mol. The van der Waals surface area contributed by atoms with Crippen LogP contribution in [0.1, 0.15) is 24.1 Å². The lowest BCUT2D eigenvalue weighted by Gasteiger charge is -2.17. The number of methoxy groups -OCH3 is 1. The summed E-state index contributed by atoms with van der Waals surface area (Å²) in [5, 5.41) is 3.75. The lowest BCUT2D eigenvalue weighted by Crippen LogP contribution is -2.18. The maximum Gasteiger partial charge on any atom is 0.125 e. The summed E-state index contributed by atoms with van der Waals surface area (Å²) in [6.07, 6.45) is 0. The molecule has 0 aliphatic heterocycles. The molecular weight excluding hydrogens is 277 g/mol. The largest absolute Gasteiger partial charge is 0.496 e. The Balaban J connectivity index is 2.06. The van der Waals surface area contributed by atoms with Crippen LogP contribution in [0.4, 0.5) is 4.39 Å². The van der Waals surface area contributed by atoms with Crippen molar-refractivity contribution in [3.63, 3.8) is 0 Å². The molecule has 2 aromatic rings. The SMILES string of the molecule is COc1ccccc1[C@H](C)NCc1cc(F)cc(Cl)c1. The van der Waals surface area contributed by atoms with Gasteiger partial charge in [-0.15, -0.1) is 0 Å². The second-order valence-electron chi connectivity index (χ2n) is 4.62. The van der Waals surface area contributed by atoms with Crippen molar-refractivity contribution in [1.82, 2.24) is 5.32 Å². The normalized spacial score (nSPS) is 12.2. The molecule has 0 saturated heterocycles. The van der Waals surface area contributed by atoms with Crippen molar-refractivity contribution in [2.45, 2.75) is 19.5 Å². The molecule has 4 heteroatoms. The van der Waals surface area contributed by atoms with E-state index in [9.17, 15) is 4.39 Å². The second kappa shape index (κ2) is 6.73. The molecule has 0 heterocycles. The van der Waals surface area contributed by atoms with Crippen LogP contribution >= 0.6 is 11.6 Å². The Morgan fingerprint density at radius 2 is 2.00 bits per heavy atom. The van der Waals surface area contributed by atoms with Crippen LogP contribution in [0, 0.1) is 5.82 Å². The van der Waals surface area contributed by atoms with Crippen LogP contribution in [-0.2, 0) is 6.54 Å². The van der Waals surface area contributed by atoms with Gasteiger partial charge in [-0.3, -0.25) is 0 Å². The van der Waals surface area contributed by atoms with Crippen molar-refractivity contribution < 1.29 is 9.13 Å². The van der Waals surface area contributed by atoms with Gasteiger partial charge >= 0.3 is 0 Å². The Hall–Kier alpha value is -1.58. The zero-order chi connectivity index (χ0) is 14.5.